The summed E-state index contributed by atoms with van der Waals surface area (Å²) in [5.74, 6) is -0.191. The minimum absolute atomic E-state index is 0.0220. The summed E-state index contributed by atoms with van der Waals surface area (Å²) in [6, 6.07) is 2.30. The van der Waals surface area contributed by atoms with Gasteiger partial charge in [-0.3, -0.25) is 0 Å². The zero-order chi connectivity index (χ0) is 19.5. The normalized spacial score (nSPS) is 12.1. The Kier molecular flexibility index (Phi) is 5.41. The maximum atomic E-state index is 13.1. The van der Waals surface area contributed by atoms with E-state index in [1.165, 1.54) is 0 Å². The molecule has 0 bridgehead atoms. The first-order chi connectivity index (χ1) is 12.0. The van der Waals surface area contributed by atoms with Crippen molar-refractivity contribution in [3.05, 3.63) is 46.9 Å². The Labute approximate surface area is 143 Å². The van der Waals surface area contributed by atoms with Crippen molar-refractivity contribution >= 4 is 11.4 Å². The molecule has 0 spiro atoms. The molecule has 0 saturated carbocycles. The molecule has 2 N–H and O–H groups in total. The molecule has 0 atom stereocenters. The van der Waals surface area contributed by atoms with Gasteiger partial charge in [0.15, 0.2) is 11.5 Å². The van der Waals surface area contributed by atoms with Crippen LogP contribution in [0, 0.1) is 6.57 Å². The number of hydrogen-bond acceptors (Lipinski definition) is 5. The van der Waals surface area contributed by atoms with Gasteiger partial charge in [0.25, 0.3) is 0 Å². The molecule has 1 aromatic heterocycles. The van der Waals surface area contributed by atoms with Crippen molar-refractivity contribution in [2.45, 2.75) is 25.4 Å². The van der Waals surface area contributed by atoms with Crippen molar-refractivity contribution in [1.82, 2.24) is 10.1 Å². The lowest BCUT2D eigenvalue weighted by Crippen LogP contribution is -2.34. The highest BCUT2D eigenvalue weighted by Gasteiger charge is 2.36. The molecule has 0 unspecified atom stereocenters. The third kappa shape index (κ3) is 4.85. The third-order valence-corrected chi connectivity index (χ3v) is 3.16. The lowest BCUT2D eigenvalue weighted by Gasteiger charge is -2.25. The minimum Gasteiger partial charge on any atom is -0.355 e. The smallest absolute Gasteiger partial charge is 0.355 e. The second-order valence-electron chi connectivity index (χ2n) is 5.09. The van der Waals surface area contributed by atoms with Gasteiger partial charge in [0.2, 0.25) is 5.89 Å². The van der Waals surface area contributed by atoms with E-state index >= 15 is 0 Å². The van der Waals surface area contributed by atoms with E-state index in [0.29, 0.717) is 11.0 Å². The average molecular weight is 379 g/mol. The molecule has 0 aliphatic heterocycles. The van der Waals surface area contributed by atoms with Crippen molar-refractivity contribution < 1.29 is 30.9 Å². The van der Waals surface area contributed by atoms with Crippen LogP contribution in [0.2, 0.25) is 0 Å². The van der Waals surface area contributed by atoms with Gasteiger partial charge in [-0.15, -0.1) is 0 Å². The predicted molar refractivity (Wildman–Crippen MR) is 77.0 cm³/mol. The van der Waals surface area contributed by atoms with Crippen molar-refractivity contribution in [1.29, 1.82) is 0 Å². The zero-order valence-electron chi connectivity index (χ0n) is 12.9. The van der Waals surface area contributed by atoms with Crippen molar-refractivity contribution in [2.24, 2.45) is 5.73 Å². The first kappa shape index (κ1) is 19.5. The van der Waals surface area contributed by atoms with E-state index in [4.69, 9.17) is 12.3 Å². The summed E-state index contributed by atoms with van der Waals surface area (Å²) >= 11 is 0. The van der Waals surface area contributed by atoms with E-state index in [2.05, 4.69) is 19.5 Å². The first-order valence-corrected chi connectivity index (χ1v) is 6.95. The molecule has 0 radical (unpaired) electrons. The van der Waals surface area contributed by atoms with Crippen LogP contribution in [0.3, 0.4) is 0 Å². The summed E-state index contributed by atoms with van der Waals surface area (Å²) in [6.07, 6.45) is -9.59. The summed E-state index contributed by atoms with van der Waals surface area (Å²) in [6.45, 7) is 4.54. The Balaban J connectivity index is 2.43. The minimum atomic E-state index is -4.89. The SMILES string of the molecule is [C-]#[N+]c1ccc(N(Cc2noc(CN)n2)CC(F)(F)F)cc1C(F)(F)F. The predicted octanol–water partition coefficient (Wildman–Crippen LogP) is 3.67. The van der Waals surface area contributed by atoms with Gasteiger partial charge in [0.1, 0.15) is 6.54 Å². The van der Waals surface area contributed by atoms with E-state index in [1.807, 2.05) is 0 Å². The summed E-state index contributed by atoms with van der Waals surface area (Å²) in [5, 5.41) is 3.44. The van der Waals surface area contributed by atoms with Gasteiger partial charge in [0, 0.05) is 5.69 Å². The highest BCUT2D eigenvalue weighted by molar-refractivity contribution is 5.62. The van der Waals surface area contributed by atoms with Crippen molar-refractivity contribution in [3.63, 3.8) is 0 Å². The molecule has 1 aromatic carbocycles. The fraction of sp³-hybridized carbons (Fsp3) is 0.357. The lowest BCUT2D eigenvalue weighted by molar-refractivity contribution is -0.136. The Morgan fingerprint density at radius 3 is 2.38 bits per heavy atom. The quantitative estimate of drug-likeness (QED) is 0.634. The van der Waals surface area contributed by atoms with E-state index < -0.39 is 36.7 Å². The summed E-state index contributed by atoms with van der Waals surface area (Å²) in [5.41, 5.74) is 2.84. The highest BCUT2D eigenvalue weighted by Crippen LogP contribution is 2.39. The molecule has 6 nitrogen and oxygen atoms in total. The highest BCUT2D eigenvalue weighted by atomic mass is 19.4. The van der Waals surface area contributed by atoms with Crippen LogP contribution >= 0.6 is 0 Å². The summed E-state index contributed by atoms with van der Waals surface area (Å²) in [7, 11) is 0. The molecule has 1 heterocycles. The molecule has 0 aliphatic carbocycles. The summed E-state index contributed by atoms with van der Waals surface area (Å²) < 4.78 is 82.4. The van der Waals surface area contributed by atoms with Crippen LogP contribution in [0.5, 0.6) is 0 Å². The number of nitrogens with zero attached hydrogens (tertiary/aromatic N) is 4. The Morgan fingerprint density at radius 1 is 1.19 bits per heavy atom. The second-order valence-corrected chi connectivity index (χ2v) is 5.09. The third-order valence-electron chi connectivity index (χ3n) is 3.16. The molecule has 140 valence electrons. The maximum Gasteiger partial charge on any atom is 0.407 e. The lowest BCUT2D eigenvalue weighted by atomic mass is 10.1. The van der Waals surface area contributed by atoms with Crippen LogP contribution in [0.1, 0.15) is 17.3 Å². The molecule has 0 amide bonds. The number of aromatic nitrogens is 2. The average Bonchev–Trinajstić information content (AvgIpc) is 2.99. The second kappa shape index (κ2) is 7.20. The molecular weight excluding hydrogens is 368 g/mol. The van der Waals surface area contributed by atoms with E-state index in [9.17, 15) is 26.3 Å². The fourth-order valence-corrected chi connectivity index (χ4v) is 2.11. The standard InChI is InChI=1S/C14H11F6N5O/c1-22-10-3-2-8(4-9(10)14(18,19)20)25(7-13(15,16)17)6-11-23-12(5-21)26-24-11/h2-4H,5-7,21H2. The van der Waals surface area contributed by atoms with Crippen LogP contribution in [-0.4, -0.2) is 22.9 Å². The topological polar surface area (TPSA) is 72.5 Å². The van der Waals surface area contributed by atoms with Crippen molar-refractivity contribution in [3.8, 4) is 0 Å². The van der Waals surface area contributed by atoms with Gasteiger partial charge in [-0.25, -0.2) is 4.85 Å². The number of anilines is 1. The molecule has 0 saturated heterocycles. The first-order valence-electron chi connectivity index (χ1n) is 6.95. The molecule has 0 fully saturated rings. The molecular formula is C14H11F6N5O. The molecule has 2 aromatic rings. The van der Waals surface area contributed by atoms with Crippen LogP contribution in [0.15, 0.2) is 22.7 Å². The summed E-state index contributed by atoms with van der Waals surface area (Å²) in [4.78, 5) is 7.10. The van der Waals surface area contributed by atoms with Crippen LogP contribution in [-0.2, 0) is 19.3 Å². The number of rotatable bonds is 5. The van der Waals surface area contributed by atoms with E-state index in [0.717, 1.165) is 12.1 Å². The van der Waals surface area contributed by atoms with E-state index in [-0.39, 0.29) is 23.9 Å². The van der Waals surface area contributed by atoms with Gasteiger partial charge in [-0.1, -0.05) is 11.2 Å². The van der Waals surface area contributed by atoms with Crippen molar-refractivity contribution in [2.75, 3.05) is 11.4 Å². The molecule has 2 rings (SSSR count). The number of alkyl halides is 6. The Hall–Kier alpha value is -2.81. The van der Waals surface area contributed by atoms with Gasteiger partial charge in [-0.05, 0) is 12.1 Å². The zero-order valence-corrected chi connectivity index (χ0v) is 12.9. The number of benzene rings is 1. The van der Waals surface area contributed by atoms with Gasteiger partial charge in [-0.2, -0.15) is 31.3 Å². The largest absolute Gasteiger partial charge is 0.407 e. The van der Waals surface area contributed by atoms with Gasteiger partial charge >= 0.3 is 12.4 Å². The number of nitrogens with two attached hydrogens (primary N) is 1. The Bertz CT molecular complexity index is 807. The van der Waals surface area contributed by atoms with Gasteiger partial charge in [0.05, 0.1) is 25.2 Å². The monoisotopic (exact) mass is 379 g/mol. The van der Waals surface area contributed by atoms with E-state index in [1.54, 1.807) is 0 Å². The van der Waals surface area contributed by atoms with Crippen LogP contribution in [0.25, 0.3) is 4.85 Å². The van der Waals surface area contributed by atoms with Crippen LogP contribution in [0.4, 0.5) is 37.7 Å². The molecule has 0 aliphatic rings. The fourth-order valence-electron chi connectivity index (χ4n) is 2.11. The van der Waals surface area contributed by atoms with Gasteiger partial charge < -0.3 is 15.2 Å². The Morgan fingerprint density at radius 2 is 1.88 bits per heavy atom. The molecule has 26 heavy (non-hydrogen) atoms. The number of hydrogen-bond donors (Lipinski definition) is 1. The number of halogens is 6. The molecule has 12 heteroatoms. The van der Waals surface area contributed by atoms with Crippen LogP contribution < -0.4 is 10.6 Å². The maximum absolute atomic E-state index is 13.1.